The first-order valence-electron chi connectivity index (χ1n) is 8.53. The molecule has 140 valence electrons. The molecular weight excluding hydrogens is 337 g/mol. The number of ether oxygens (including phenoxy) is 1. The zero-order valence-corrected chi connectivity index (χ0v) is 14.0. The fourth-order valence-electron chi connectivity index (χ4n) is 2.87. The van der Waals surface area contributed by atoms with Gasteiger partial charge in [-0.25, -0.2) is 0 Å². The predicted octanol–water partition coefficient (Wildman–Crippen LogP) is 2.72. The molecule has 1 saturated carbocycles. The molecule has 1 N–H and O–H groups in total. The van der Waals surface area contributed by atoms with Crippen molar-refractivity contribution in [1.29, 1.82) is 0 Å². The lowest BCUT2D eigenvalue weighted by atomic mass is 9.98. The minimum Gasteiger partial charge on any atom is -0.378 e. The lowest BCUT2D eigenvalue weighted by molar-refractivity contribution is -0.139. The zero-order chi connectivity index (χ0) is 18.3. The SMILES string of the molecule is O=C(Cn1cccc(C(F)(F)F)c1=O)NCCCOC1CCCCC1. The van der Waals surface area contributed by atoms with E-state index in [2.05, 4.69) is 5.32 Å². The van der Waals surface area contributed by atoms with Gasteiger partial charge in [0.05, 0.1) is 6.10 Å². The van der Waals surface area contributed by atoms with Crippen molar-refractivity contribution in [3.05, 3.63) is 34.2 Å². The Morgan fingerprint density at radius 1 is 1.28 bits per heavy atom. The number of carbonyl (C=O) groups excluding carboxylic acids is 1. The topological polar surface area (TPSA) is 60.3 Å². The number of hydrogen-bond donors (Lipinski definition) is 1. The van der Waals surface area contributed by atoms with E-state index < -0.39 is 29.8 Å². The Balaban J connectivity index is 1.72. The van der Waals surface area contributed by atoms with Crippen molar-refractivity contribution in [1.82, 2.24) is 9.88 Å². The normalized spacial score (nSPS) is 16.0. The van der Waals surface area contributed by atoms with E-state index in [1.165, 1.54) is 25.5 Å². The van der Waals surface area contributed by atoms with E-state index in [4.69, 9.17) is 4.74 Å². The molecule has 1 aromatic rings. The molecule has 0 bridgehead atoms. The number of carbonyl (C=O) groups is 1. The van der Waals surface area contributed by atoms with Gasteiger partial charge >= 0.3 is 6.18 Å². The molecule has 1 fully saturated rings. The van der Waals surface area contributed by atoms with Crippen LogP contribution in [0.4, 0.5) is 13.2 Å². The van der Waals surface area contributed by atoms with E-state index in [0.717, 1.165) is 23.5 Å². The van der Waals surface area contributed by atoms with Gasteiger partial charge in [0.1, 0.15) is 12.1 Å². The number of halogens is 3. The summed E-state index contributed by atoms with van der Waals surface area (Å²) in [6, 6.07) is 1.81. The van der Waals surface area contributed by atoms with Crippen LogP contribution in [0.2, 0.25) is 0 Å². The van der Waals surface area contributed by atoms with E-state index in [1.807, 2.05) is 0 Å². The molecule has 1 amide bonds. The van der Waals surface area contributed by atoms with Gasteiger partial charge in [-0.15, -0.1) is 0 Å². The Hall–Kier alpha value is -1.83. The average molecular weight is 360 g/mol. The molecule has 0 saturated heterocycles. The lowest BCUT2D eigenvalue weighted by Crippen LogP contribution is -2.35. The second-order valence-corrected chi connectivity index (χ2v) is 6.19. The summed E-state index contributed by atoms with van der Waals surface area (Å²) in [5.74, 6) is -0.501. The first kappa shape index (κ1) is 19.5. The molecule has 1 aliphatic carbocycles. The molecule has 0 aliphatic heterocycles. The highest BCUT2D eigenvalue weighted by atomic mass is 19.4. The standard InChI is InChI=1S/C17H23F3N2O3/c18-17(19,20)14-8-4-10-22(16(14)24)12-15(23)21-9-5-11-25-13-6-2-1-3-7-13/h4,8,10,13H,1-3,5-7,9,11-12H2,(H,21,23). The average Bonchev–Trinajstić information content (AvgIpc) is 2.56. The fraction of sp³-hybridized carbons (Fsp3) is 0.647. The molecule has 2 rings (SSSR count). The van der Waals surface area contributed by atoms with Crippen molar-refractivity contribution >= 4 is 5.91 Å². The maximum Gasteiger partial charge on any atom is 0.421 e. The molecule has 0 unspecified atom stereocenters. The number of pyridine rings is 1. The van der Waals surface area contributed by atoms with E-state index in [-0.39, 0.29) is 0 Å². The maximum absolute atomic E-state index is 12.7. The lowest BCUT2D eigenvalue weighted by Gasteiger charge is -2.21. The van der Waals surface area contributed by atoms with Crippen molar-refractivity contribution in [2.45, 2.75) is 57.3 Å². The highest BCUT2D eigenvalue weighted by Crippen LogP contribution is 2.25. The van der Waals surface area contributed by atoms with E-state index in [0.29, 0.717) is 31.7 Å². The van der Waals surface area contributed by atoms with Crippen LogP contribution < -0.4 is 10.9 Å². The second-order valence-electron chi connectivity index (χ2n) is 6.19. The molecule has 0 atom stereocenters. The summed E-state index contributed by atoms with van der Waals surface area (Å²) in [5.41, 5.74) is -2.49. The minimum absolute atomic E-state index is 0.299. The molecule has 25 heavy (non-hydrogen) atoms. The highest BCUT2D eigenvalue weighted by molar-refractivity contribution is 5.75. The monoisotopic (exact) mass is 360 g/mol. The van der Waals surface area contributed by atoms with Crippen molar-refractivity contribution in [2.75, 3.05) is 13.2 Å². The third kappa shape index (κ3) is 6.19. The van der Waals surface area contributed by atoms with Crippen LogP contribution in [0, 0.1) is 0 Å². The van der Waals surface area contributed by atoms with Crippen LogP contribution in [0.25, 0.3) is 0 Å². The van der Waals surface area contributed by atoms with Crippen LogP contribution in [0.3, 0.4) is 0 Å². The van der Waals surface area contributed by atoms with Gasteiger partial charge in [0.15, 0.2) is 0 Å². The van der Waals surface area contributed by atoms with Gasteiger partial charge < -0.3 is 14.6 Å². The highest BCUT2D eigenvalue weighted by Gasteiger charge is 2.34. The quantitative estimate of drug-likeness (QED) is 0.761. The van der Waals surface area contributed by atoms with Crippen molar-refractivity contribution < 1.29 is 22.7 Å². The van der Waals surface area contributed by atoms with E-state index in [9.17, 15) is 22.8 Å². The van der Waals surface area contributed by atoms with Crippen molar-refractivity contribution in [3.63, 3.8) is 0 Å². The molecule has 1 aromatic heterocycles. The summed E-state index contributed by atoms with van der Waals surface area (Å²) >= 11 is 0. The van der Waals surface area contributed by atoms with Gasteiger partial charge in [-0.05, 0) is 31.4 Å². The smallest absolute Gasteiger partial charge is 0.378 e. The van der Waals surface area contributed by atoms with Crippen LogP contribution in [-0.4, -0.2) is 29.7 Å². The van der Waals surface area contributed by atoms with Crippen LogP contribution in [0.15, 0.2) is 23.1 Å². The van der Waals surface area contributed by atoms with Gasteiger partial charge in [-0.3, -0.25) is 9.59 Å². The summed E-state index contributed by atoms with van der Waals surface area (Å²) in [7, 11) is 0. The maximum atomic E-state index is 12.7. The number of hydrogen-bond acceptors (Lipinski definition) is 3. The van der Waals surface area contributed by atoms with Crippen LogP contribution in [-0.2, 0) is 22.3 Å². The molecular formula is C17H23F3N2O3. The summed E-state index contributed by atoms with van der Waals surface area (Å²) in [6.07, 6.45) is 3.14. The van der Waals surface area contributed by atoms with Crippen LogP contribution in [0.5, 0.6) is 0 Å². The summed E-state index contributed by atoms with van der Waals surface area (Å²) < 4.78 is 44.5. The van der Waals surface area contributed by atoms with E-state index in [1.54, 1.807) is 0 Å². The summed E-state index contributed by atoms with van der Waals surface area (Å²) in [4.78, 5) is 23.5. The number of nitrogens with zero attached hydrogens (tertiary/aromatic N) is 1. The van der Waals surface area contributed by atoms with Crippen LogP contribution >= 0.6 is 0 Å². The molecule has 0 radical (unpaired) electrons. The molecule has 5 nitrogen and oxygen atoms in total. The van der Waals surface area contributed by atoms with Gasteiger partial charge in [-0.2, -0.15) is 13.2 Å². The predicted molar refractivity (Wildman–Crippen MR) is 86.2 cm³/mol. The van der Waals surface area contributed by atoms with Gasteiger partial charge in [-0.1, -0.05) is 19.3 Å². The third-order valence-electron chi connectivity index (χ3n) is 4.19. The first-order valence-corrected chi connectivity index (χ1v) is 8.53. The van der Waals surface area contributed by atoms with Gasteiger partial charge in [0.25, 0.3) is 5.56 Å². The van der Waals surface area contributed by atoms with Crippen molar-refractivity contribution in [3.8, 4) is 0 Å². The molecule has 0 spiro atoms. The molecule has 8 heteroatoms. The number of alkyl halides is 3. The third-order valence-corrected chi connectivity index (χ3v) is 4.19. The number of rotatable bonds is 7. The summed E-state index contributed by atoms with van der Waals surface area (Å²) in [6.45, 7) is 0.458. The second kappa shape index (κ2) is 9.03. The number of amides is 1. The molecule has 0 aromatic carbocycles. The van der Waals surface area contributed by atoms with E-state index >= 15 is 0 Å². The molecule has 1 aliphatic rings. The first-order chi connectivity index (χ1) is 11.9. The Morgan fingerprint density at radius 3 is 2.68 bits per heavy atom. The van der Waals surface area contributed by atoms with Gasteiger partial charge in [0.2, 0.25) is 5.91 Å². The Kier molecular flexibility index (Phi) is 7.04. The Bertz CT molecular complexity index is 622. The zero-order valence-electron chi connectivity index (χ0n) is 14.0. The molecule has 1 heterocycles. The van der Waals surface area contributed by atoms with Gasteiger partial charge in [0, 0.05) is 19.3 Å². The van der Waals surface area contributed by atoms with Crippen LogP contribution in [0.1, 0.15) is 44.1 Å². The fourth-order valence-corrected chi connectivity index (χ4v) is 2.87. The summed E-state index contributed by atoms with van der Waals surface area (Å²) in [5, 5.41) is 2.59. The Morgan fingerprint density at radius 2 is 2.00 bits per heavy atom. The largest absolute Gasteiger partial charge is 0.421 e. The number of aromatic nitrogens is 1. The Labute approximate surface area is 144 Å². The minimum atomic E-state index is -4.73. The van der Waals surface area contributed by atoms with Crippen molar-refractivity contribution in [2.24, 2.45) is 0 Å². The number of nitrogens with one attached hydrogen (secondary N) is 1.